The van der Waals surface area contributed by atoms with Crippen molar-refractivity contribution in [2.75, 3.05) is 0 Å². The molecular formula is C17H12BrClN2O. The first-order chi connectivity index (χ1) is 10.6. The van der Waals surface area contributed by atoms with E-state index in [4.69, 9.17) is 11.6 Å². The highest BCUT2D eigenvalue weighted by Crippen LogP contribution is 2.18. The average Bonchev–Trinajstić information content (AvgIpc) is 2.52. The molecule has 0 fully saturated rings. The van der Waals surface area contributed by atoms with E-state index < -0.39 is 0 Å². The monoisotopic (exact) mass is 374 g/mol. The van der Waals surface area contributed by atoms with Crippen LogP contribution in [0.1, 0.15) is 5.56 Å². The number of benzene rings is 2. The van der Waals surface area contributed by atoms with Gasteiger partial charge in [0, 0.05) is 21.1 Å². The summed E-state index contributed by atoms with van der Waals surface area (Å²) < 4.78 is 2.47. The van der Waals surface area contributed by atoms with Crippen LogP contribution >= 0.6 is 27.5 Å². The van der Waals surface area contributed by atoms with Gasteiger partial charge in [0.25, 0.3) is 5.56 Å². The van der Waals surface area contributed by atoms with E-state index in [9.17, 15) is 4.79 Å². The Kier molecular flexibility index (Phi) is 4.41. The molecule has 1 aromatic heterocycles. The maximum absolute atomic E-state index is 12.0. The number of nitrogens with zero attached hydrogens (tertiary/aromatic N) is 2. The van der Waals surface area contributed by atoms with Crippen molar-refractivity contribution in [3.63, 3.8) is 0 Å². The Bertz CT molecular complexity index is 842. The van der Waals surface area contributed by atoms with Crippen LogP contribution in [-0.2, 0) is 6.54 Å². The minimum absolute atomic E-state index is 0.124. The molecule has 3 aromatic rings. The zero-order valence-electron chi connectivity index (χ0n) is 11.5. The fraction of sp³-hybridized carbons (Fsp3) is 0.0588. The van der Waals surface area contributed by atoms with E-state index in [0.717, 1.165) is 21.3 Å². The summed E-state index contributed by atoms with van der Waals surface area (Å²) in [5.74, 6) is 0. The maximum atomic E-state index is 12.0. The molecule has 5 heteroatoms. The third-order valence-electron chi connectivity index (χ3n) is 3.25. The molecule has 0 bridgehead atoms. The number of hydrogen-bond acceptors (Lipinski definition) is 2. The quantitative estimate of drug-likeness (QED) is 0.681. The molecule has 1 heterocycles. The van der Waals surface area contributed by atoms with E-state index in [0.29, 0.717) is 11.6 Å². The Hall–Kier alpha value is -1.91. The Morgan fingerprint density at radius 1 is 0.955 bits per heavy atom. The number of halogens is 2. The standard InChI is InChI=1S/C17H12BrClN2O/c18-14-5-1-12(2-6-14)11-21-17(22)10-9-16(20-21)13-3-7-15(19)8-4-13/h1-10H,11H2. The van der Waals surface area contributed by atoms with Crippen LogP contribution in [0.25, 0.3) is 11.3 Å². The Labute approximate surface area is 141 Å². The SMILES string of the molecule is O=c1ccc(-c2ccc(Cl)cc2)nn1Cc1ccc(Br)cc1. The van der Waals surface area contributed by atoms with Crippen LogP contribution < -0.4 is 5.56 Å². The molecule has 0 atom stereocenters. The number of rotatable bonds is 3. The molecule has 2 aromatic carbocycles. The Morgan fingerprint density at radius 2 is 1.64 bits per heavy atom. The highest BCUT2D eigenvalue weighted by molar-refractivity contribution is 9.10. The second-order valence-electron chi connectivity index (χ2n) is 4.85. The average molecular weight is 376 g/mol. The highest BCUT2D eigenvalue weighted by Gasteiger charge is 2.04. The van der Waals surface area contributed by atoms with Crippen LogP contribution in [0.5, 0.6) is 0 Å². The molecule has 0 radical (unpaired) electrons. The van der Waals surface area contributed by atoms with Crippen LogP contribution in [0.3, 0.4) is 0 Å². The van der Waals surface area contributed by atoms with E-state index in [1.807, 2.05) is 48.5 Å². The summed E-state index contributed by atoms with van der Waals surface area (Å²) in [6.07, 6.45) is 0. The second kappa shape index (κ2) is 6.46. The summed E-state index contributed by atoms with van der Waals surface area (Å²) in [5, 5.41) is 5.11. The van der Waals surface area contributed by atoms with Crippen molar-refractivity contribution in [1.29, 1.82) is 0 Å². The molecule has 0 aliphatic heterocycles. The first kappa shape index (κ1) is 15.0. The van der Waals surface area contributed by atoms with Crippen molar-refractivity contribution >= 4 is 27.5 Å². The minimum Gasteiger partial charge on any atom is -0.268 e. The van der Waals surface area contributed by atoms with Gasteiger partial charge >= 0.3 is 0 Å². The van der Waals surface area contributed by atoms with E-state index in [2.05, 4.69) is 21.0 Å². The third-order valence-corrected chi connectivity index (χ3v) is 4.03. The van der Waals surface area contributed by atoms with Gasteiger partial charge in [0.05, 0.1) is 12.2 Å². The molecule has 3 rings (SSSR count). The molecule has 3 nitrogen and oxygen atoms in total. The minimum atomic E-state index is -0.124. The maximum Gasteiger partial charge on any atom is 0.267 e. The first-order valence-corrected chi connectivity index (χ1v) is 7.87. The van der Waals surface area contributed by atoms with Crippen molar-refractivity contribution in [3.8, 4) is 11.3 Å². The molecule has 0 unspecified atom stereocenters. The molecule has 0 saturated heterocycles. The van der Waals surface area contributed by atoms with Crippen LogP contribution in [0, 0.1) is 0 Å². The second-order valence-corrected chi connectivity index (χ2v) is 6.20. The van der Waals surface area contributed by atoms with Gasteiger partial charge in [-0.15, -0.1) is 0 Å². The van der Waals surface area contributed by atoms with Gasteiger partial charge in [-0.3, -0.25) is 4.79 Å². The van der Waals surface area contributed by atoms with Gasteiger partial charge in [-0.2, -0.15) is 5.10 Å². The smallest absolute Gasteiger partial charge is 0.267 e. The van der Waals surface area contributed by atoms with Crippen molar-refractivity contribution in [2.45, 2.75) is 6.54 Å². The lowest BCUT2D eigenvalue weighted by atomic mass is 10.1. The molecule has 0 N–H and O–H groups in total. The predicted molar refractivity (Wildman–Crippen MR) is 92.2 cm³/mol. The van der Waals surface area contributed by atoms with E-state index in [1.54, 1.807) is 6.07 Å². The number of aromatic nitrogens is 2. The molecule has 0 spiro atoms. The van der Waals surface area contributed by atoms with E-state index in [1.165, 1.54) is 10.7 Å². The summed E-state index contributed by atoms with van der Waals surface area (Å²) in [4.78, 5) is 12.0. The van der Waals surface area contributed by atoms with Crippen LogP contribution in [0.4, 0.5) is 0 Å². The molecule has 0 amide bonds. The van der Waals surface area contributed by atoms with E-state index in [-0.39, 0.29) is 5.56 Å². The summed E-state index contributed by atoms with van der Waals surface area (Å²) in [5.41, 5.74) is 2.56. The van der Waals surface area contributed by atoms with Gasteiger partial charge < -0.3 is 0 Å². The van der Waals surface area contributed by atoms with Crippen LogP contribution in [-0.4, -0.2) is 9.78 Å². The van der Waals surface area contributed by atoms with Gasteiger partial charge in [0.2, 0.25) is 0 Å². The van der Waals surface area contributed by atoms with Crippen molar-refractivity contribution in [2.24, 2.45) is 0 Å². The third kappa shape index (κ3) is 3.46. The Balaban J connectivity index is 1.94. The summed E-state index contributed by atoms with van der Waals surface area (Å²) in [7, 11) is 0. The normalized spacial score (nSPS) is 10.6. The summed E-state index contributed by atoms with van der Waals surface area (Å²) in [6.45, 7) is 0.438. The first-order valence-electron chi connectivity index (χ1n) is 6.70. The lowest BCUT2D eigenvalue weighted by Crippen LogP contribution is -2.22. The van der Waals surface area contributed by atoms with Gasteiger partial charge in [0.15, 0.2) is 0 Å². The number of hydrogen-bond donors (Lipinski definition) is 0. The van der Waals surface area contributed by atoms with Crippen molar-refractivity contribution < 1.29 is 0 Å². The molecule has 110 valence electrons. The van der Waals surface area contributed by atoms with Crippen molar-refractivity contribution in [1.82, 2.24) is 9.78 Å². The zero-order chi connectivity index (χ0) is 15.5. The summed E-state index contributed by atoms with van der Waals surface area (Å²) >= 11 is 9.29. The van der Waals surface area contributed by atoms with Gasteiger partial charge in [-0.25, -0.2) is 4.68 Å². The highest BCUT2D eigenvalue weighted by atomic mass is 79.9. The molecule has 0 saturated carbocycles. The Morgan fingerprint density at radius 3 is 2.32 bits per heavy atom. The van der Waals surface area contributed by atoms with Gasteiger partial charge in [-0.1, -0.05) is 51.8 Å². The largest absolute Gasteiger partial charge is 0.268 e. The van der Waals surface area contributed by atoms with Crippen LogP contribution in [0.2, 0.25) is 5.02 Å². The molecule has 0 aliphatic rings. The van der Waals surface area contributed by atoms with Crippen LogP contribution in [0.15, 0.2) is 69.9 Å². The van der Waals surface area contributed by atoms with Crippen molar-refractivity contribution in [3.05, 3.63) is 86.1 Å². The predicted octanol–water partition coefficient (Wildman–Crippen LogP) is 4.37. The molecule has 0 aliphatic carbocycles. The topological polar surface area (TPSA) is 34.9 Å². The molecular weight excluding hydrogens is 364 g/mol. The summed E-state index contributed by atoms with van der Waals surface area (Å²) in [6, 6.07) is 18.5. The van der Waals surface area contributed by atoms with E-state index >= 15 is 0 Å². The van der Waals surface area contributed by atoms with Gasteiger partial charge in [-0.05, 0) is 35.9 Å². The lowest BCUT2D eigenvalue weighted by molar-refractivity contribution is 0.642. The fourth-order valence-corrected chi connectivity index (χ4v) is 2.49. The molecule has 22 heavy (non-hydrogen) atoms. The zero-order valence-corrected chi connectivity index (χ0v) is 13.9. The van der Waals surface area contributed by atoms with Gasteiger partial charge in [0.1, 0.15) is 0 Å². The lowest BCUT2D eigenvalue weighted by Gasteiger charge is -2.07. The fourth-order valence-electron chi connectivity index (χ4n) is 2.10.